The number of nitrogens with two attached hydrogens (primary N) is 1. The van der Waals surface area contributed by atoms with Crippen LogP contribution in [-0.2, 0) is 25.6 Å². The van der Waals surface area contributed by atoms with E-state index in [1.165, 1.54) is 13.0 Å². The Morgan fingerprint density at radius 3 is 2.27 bits per heavy atom. The molecule has 1 aromatic carbocycles. The number of hydrogen-bond donors (Lipinski definition) is 5. The number of phenols is 1. The Morgan fingerprint density at radius 1 is 1.02 bits per heavy atom. The summed E-state index contributed by atoms with van der Waals surface area (Å²) < 4.78 is 0. The number of carbonyl (C=O) groups is 4. The number of piperazine rings is 1. The number of ketones is 2. The molecule has 1 aromatic rings. The number of nitrogens with zero attached hydrogens (tertiary/aromatic N) is 2. The lowest BCUT2D eigenvalue weighted by molar-refractivity contribution is -0.156. The van der Waals surface area contributed by atoms with Crippen LogP contribution < -0.4 is 5.73 Å². The van der Waals surface area contributed by atoms with Gasteiger partial charge in [0.25, 0.3) is 5.91 Å². The quantitative estimate of drug-likeness (QED) is 0.340. The molecule has 40 heavy (non-hydrogen) atoms. The molecule has 4 aliphatic carbocycles. The van der Waals surface area contributed by atoms with Crippen molar-refractivity contribution < 1.29 is 39.6 Å². The maximum Gasteiger partial charge on any atom is 0.255 e. The van der Waals surface area contributed by atoms with Gasteiger partial charge in [0.1, 0.15) is 22.8 Å². The number of aromatic hydroxyl groups is 1. The van der Waals surface area contributed by atoms with Crippen LogP contribution in [-0.4, -0.2) is 91.4 Å². The first-order chi connectivity index (χ1) is 19.0. The molecule has 4 atom stereocenters. The number of rotatable bonds is 3. The van der Waals surface area contributed by atoms with Crippen LogP contribution >= 0.6 is 0 Å². The van der Waals surface area contributed by atoms with Gasteiger partial charge in [-0.15, -0.1) is 0 Å². The second-order valence-corrected chi connectivity index (χ2v) is 11.7. The van der Waals surface area contributed by atoms with Gasteiger partial charge >= 0.3 is 0 Å². The Balaban J connectivity index is 1.48. The predicted molar refractivity (Wildman–Crippen MR) is 141 cm³/mol. The number of fused-ring (bicyclic) bond motifs is 3. The highest BCUT2D eigenvalue weighted by Crippen LogP contribution is 2.54. The summed E-state index contributed by atoms with van der Waals surface area (Å²) in [7, 11) is 0. The van der Waals surface area contributed by atoms with Gasteiger partial charge in [0.05, 0.1) is 11.6 Å². The maximum atomic E-state index is 14.1. The topological polar surface area (TPSA) is 182 Å². The Morgan fingerprint density at radius 2 is 1.70 bits per heavy atom. The Bertz CT molecular complexity index is 1420. The Labute approximate surface area is 230 Å². The van der Waals surface area contributed by atoms with Crippen molar-refractivity contribution in [1.82, 2.24) is 9.80 Å². The number of phenolic OH excluding ortho intramolecular Hbond substituents is 1. The molecule has 6 N–H and O–H groups in total. The van der Waals surface area contributed by atoms with Gasteiger partial charge in [-0.3, -0.25) is 24.1 Å². The van der Waals surface area contributed by atoms with Crippen molar-refractivity contribution in [3.8, 4) is 5.75 Å². The highest BCUT2D eigenvalue weighted by Gasteiger charge is 2.64. The molecule has 5 aliphatic rings. The second kappa shape index (κ2) is 9.17. The molecule has 4 unspecified atom stereocenters. The minimum Gasteiger partial charge on any atom is -0.508 e. The minimum atomic E-state index is -2.68. The van der Waals surface area contributed by atoms with E-state index in [0.717, 1.165) is 30.4 Å². The molecule has 2 amide bonds. The van der Waals surface area contributed by atoms with Crippen LogP contribution in [0.2, 0.25) is 0 Å². The molecule has 0 spiro atoms. The third-order valence-corrected chi connectivity index (χ3v) is 9.78. The number of amides is 2. The van der Waals surface area contributed by atoms with E-state index in [1.807, 2.05) is 6.07 Å². The molecular weight excluding hydrogens is 518 g/mol. The van der Waals surface area contributed by atoms with Crippen LogP contribution in [0.25, 0.3) is 5.76 Å². The average Bonchev–Trinajstić information content (AvgIpc) is 2.87. The van der Waals surface area contributed by atoms with E-state index in [1.54, 1.807) is 9.80 Å². The molecule has 1 heterocycles. The first-order valence-corrected chi connectivity index (χ1v) is 13.8. The number of Topliss-reactive ketones (excluding diaryl/α,β-unsaturated/α-hetero) is 2. The van der Waals surface area contributed by atoms with Gasteiger partial charge in [0.15, 0.2) is 11.4 Å². The summed E-state index contributed by atoms with van der Waals surface area (Å²) in [6.45, 7) is 2.58. The zero-order valence-electron chi connectivity index (χ0n) is 22.2. The zero-order valence-corrected chi connectivity index (χ0v) is 22.2. The zero-order chi connectivity index (χ0) is 28.7. The van der Waals surface area contributed by atoms with Crippen molar-refractivity contribution in [2.45, 2.75) is 56.6 Å². The highest BCUT2D eigenvalue weighted by atomic mass is 16.3. The van der Waals surface area contributed by atoms with Crippen LogP contribution in [0.3, 0.4) is 0 Å². The number of primary amides is 1. The van der Waals surface area contributed by atoms with Crippen molar-refractivity contribution in [3.05, 3.63) is 45.7 Å². The Kier molecular flexibility index (Phi) is 6.08. The smallest absolute Gasteiger partial charge is 0.255 e. The van der Waals surface area contributed by atoms with Gasteiger partial charge < -0.3 is 31.1 Å². The van der Waals surface area contributed by atoms with E-state index >= 15 is 0 Å². The van der Waals surface area contributed by atoms with Crippen LogP contribution in [0.5, 0.6) is 5.75 Å². The lowest BCUT2D eigenvalue weighted by Gasteiger charge is -2.52. The molecule has 2 saturated carbocycles. The van der Waals surface area contributed by atoms with E-state index in [-0.39, 0.29) is 48.2 Å². The van der Waals surface area contributed by atoms with Crippen molar-refractivity contribution in [2.75, 3.05) is 26.2 Å². The lowest BCUT2D eigenvalue weighted by Crippen LogP contribution is -2.68. The van der Waals surface area contributed by atoms with Gasteiger partial charge in [0, 0.05) is 44.6 Å². The van der Waals surface area contributed by atoms with E-state index in [9.17, 15) is 39.6 Å². The lowest BCUT2D eigenvalue weighted by atomic mass is 9.57. The molecule has 1 aliphatic heterocycles. The third kappa shape index (κ3) is 3.56. The van der Waals surface area contributed by atoms with E-state index in [0.29, 0.717) is 19.5 Å². The van der Waals surface area contributed by atoms with Gasteiger partial charge in [-0.1, -0.05) is 12.5 Å². The van der Waals surface area contributed by atoms with Gasteiger partial charge in [0.2, 0.25) is 11.7 Å². The first kappa shape index (κ1) is 26.5. The summed E-state index contributed by atoms with van der Waals surface area (Å²) in [5.74, 6) is -6.37. The molecule has 0 radical (unpaired) electrons. The van der Waals surface area contributed by atoms with Gasteiger partial charge in [-0.2, -0.15) is 0 Å². The summed E-state index contributed by atoms with van der Waals surface area (Å²) in [6.07, 6.45) is 3.41. The average molecular weight is 552 g/mol. The molecule has 1 saturated heterocycles. The summed E-state index contributed by atoms with van der Waals surface area (Å²) in [4.78, 5) is 55.4. The molecule has 3 fully saturated rings. The van der Waals surface area contributed by atoms with Crippen LogP contribution in [0.4, 0.5) is 0 Å². The van der Waals surface area contributed by atoms with Crippen LogP contribution in [0, 0.1) is 11.8 Å². The molecule has 11 heteroatoms. The van der Waals surface area contributed by atoms with E-state index < -0.39 is 58.0 Å². The first-order valence-electron chi connectivity index (χ1n) is 13.8. The van der Waals surface area contributed by atoms with Crippen molar-refractivity contribution >= 4 is 29.1 Å². The Hall–Kier alpha value is -3.70. The van der Waals surface area contributed by atoms with Crippen LogP contribution in [0.1, 0.15) is 55.2 Å². The molecule has 0 aromatic heterocycles. The summed E-state index contributed by atoms with van der Waals surface area (Å²) in [6, 6.07) is 2.20. The van der Waals surface area contributed by atoms with Gasteiger partial charge in [-0.25, -0.2) is 0 Å². The van der Waals surface area contributed by atoms with Crippen LogP contribution in [0.15, 0.2) is 29.0 Å². The number of hydrogen-bond acceptors (Lipinski definition) is 9. The van der Waals surface area contributed by atoms with E-state index in [2.05, 4.69) is 0 Å². The summed E-state index contributed by atoms with van der Waals surface area (Å²) in [5, 5.41) is 45.2. The van der Waals surface area contributed by atoms with Crippen molar-refractivity contribution in [1.29, 1.82) is 0 Å². The number of aliphatic hydroxyl groups is 3. The minimum absolute atomic E-state index is 0.0558. The number of carbonyl (C=O) groups excluding carboxylic acids is 4. The predicted octanol–water partition coefficient (Wildman–Crippen LogP) is 0.834. The van der Waals surface area contributed by atoms with E-state index in [4.69, 9.17) is 5.73 Å². The summed E-state index contributed by atoms with van der Waals surface area (Å²) >= 11 is 0. The van der Waals surface area contributed by atoms with Crippen molar-refractivity contribution in [3.63, 3.8) is 0 Å². The SMILES string of the molecule is CC(=O)N1CCN(C2C(=O)C(C(N)=O)=C(O)C3(O)C(=O)C4=C(O)c5c(O)ccc(C6CCC6)c5CC4CC23)CC1. The molecule has 6 rings (SSSR count). The fourth-order valence-electron chi connectivity index (χ4n) is 7.51. The summed E-state index contributed by atoms with van der Waals surface area (Å²) in [5.41, 5.74) is 3.71. The van der Waals surface area contributed by atoms with Crippen molar-refractivity contribution in [2.24, 2.45) is 17.6 Å². The normalized spacial score (nSPS) is 30.9. The number of aliphatic hydroxyl groups excluding tert-OH is 2. The molecular formula is C29H33N3O8. The monoisotopic (exact) mass is 551 g/mol. The third-order valence-electron chi connectivity index (χ3n) is 9.78. The second-order valence-electron chi connectivity index (χ2n) is 11.7. The fourth-order valence-corrected chi connectivity index (χ4v) is 7.51. The maximum absolute atomic E-state index is 14.1. The molecule has 212 valence electrons. The number of benzene rings is 1. The largest absolute Gasteiger partial charge is 0.508 e. The highest BCUT2D eigenvalue weighted by molar-refractivity contribution is 6.24. The standard InChI is InChI=1S/C29H33N3O8/c1-13(33)31-7-9-32(10-8-31)23-18-12-15-11-17-16(14-3-2-4-14)5-6-19(34)21(17)24(35)20(15)26(37)29(18,40)27(38)22(25(23)36)28(30)39/h5-6,14-15,18,23,34-35,38,40H,2-4,7-12H2,1H3,(H2,30,39). The van der Waals surface area contributed by atoms with Gasteiger partial charge in [-0.05, 0) is 54.7 Å². The fraction of sp³-hybridized carbons (Fsp3) is 0.517. The molecule has 0 bridgehead atoms. The molecule has 11 nitrogen and oxygen atoms in total.